The van der Waals surface area contributed by atoms with Crippen molar-refractivity contribution < 1.29 is 18.0 Å². The summed E-state index contributed by atoms with van der Waals surface area (Å²) in [5, 5.41) is 7.06. The first-order chi connectivity index (χ1) is 13.4. The summed E-state index contributed by atoms with van der Waals surface area (Å²) in [4.78, 5) is 22.7. The number of hydrogen-bond acceptors (Lipinski definition) is 5. The third-order valence-corrected chi connectivity index (χ3v) is 4.85. The quantitative estimate of drug-likeness (QED) is 0.651. The average Bonchev–Trinajstić information content (AvgIpc) is 3.20. The maximum absolute atomic E-state index is 13.1. The molecular formula is C17H12ClF3N6O. The number of nitrogens with zero attached hydrogens (tertiary/aromatic N) is 6. The van der Waals surface area contributed by atoms with E-state index in [1.165, 1.54) is 34.2 Å². The monoisotopic (exact) mass is 408 g/mol. The Morgan fingerprint density at radius 2 is 2.04 bits per heavy atom. The molecule has 0 N–H and O–H groups in total. The van der Waals surface area contributed by atoms with E-state index in [2.05, 4.69) is 20.3 Å². The topological polar surface area (TPSA) is 76.8 Å². The van der Waals surface area contributed by atoms with Crippen LogP contribution in [0.5, 0.6) is 0 Å². The Labute approximate surface area is 161 Å². The minimum absolute atomic E-state index is 0.130. The predicted molar refractivity (Wildman–Crippen MR) is 91.8 cm³/mol. The molecule has 3 heterocycles. The van der Waals surface area contributed by atoms with Crippen molar-refractivity contribution in [3.05, 3.63) is 64.3 Å². The maximum atomic E-state index is 13.1. The van der Waals surface area contributed by atoms with Crippen molar-refractivity contribution >= 4 is 17.5 Å². The number of hydrogen-bond donors (Lipinski definition) is 0. The molecule has 3 aromatic rings. The Morgan fingerprint density at radius 3 is 2.75 bits per heavy atom. The van der Waals surface area contributed by atoms with Crippen LogP contribution in [0.3, 0.4) is 0 Å². The first-order valence-electron chi connectivity index (χ1n) is 8.20. The van der Waals surface area contributed by atoms with Crippen LogP contribution in [0, 0.1) is 0 Å². The zero-order valence-electron chi connectivity index (χ0n) is 14.2. The molecule has 0 atom stereocenters. The molecule has 1 aromatic carbocycles. The van der Waals surface area contributed by atoms with Crippen LogP contribution in [0.4, 0.5) is 13.2 Å². The van der Waals surface area contributed by atoms with Gasteiger partial charge in [-0.05, 0) is 18.6 Å². The Hall–Kier alpha value is -3.01. The van der Waals surface area contributed by atoms with Gasteiger partial charge in [0.15, 0.2) is 5.82 Å². The van der Waals surface area contributed by atoms with Crippen LogP contribution in [-0.4, -0.2) is 42.3 Å². The summed E-state index contributed by atoms with van der Waals surface area (Å²) >= 11 is 5.89. The van der Waals surface area contributed by atoms with Crippen molar-refractivity contribution in [3.63, 3.8) is 0 Å². The third-order valence-electron chi connectivity index (χ3n) is 4.45. The summed E-state index contributed by atoms with van der Waals surface area (Å²) in [5.41, 5.74) is 0.189. The van der Waals surface area contributed by atoms with E-state index in [0.29, 0.717) is 17.9 Å². The molecule has 0 bridgehead atoms. The van der Waals surface area contributed by atoms with Gasteiger partial charge in [-0.2, -0.15) is 13.2 Å². The maximum Gasteiger partial charge on any atom is 0.417 e. The zero-order chi connectivity index (χ0) is 19.9. The number of amides is 1. The zero-order valence-corrected chi connectivity index (χ0v) is 14.9. The second-order valence-corrected chi connectivity index (χ2v) is 6.49. The minimum atomic E-state index is -4.64. The van der Waals surface area contributed by atoms with Crippen molar-refractivity contribution in [2.75, 3.05) is 6.54 Å². The van der Waals surface area contributed by atoms with Crippen LogP contribution < -0.4 is 0 Å². The molecule has 0 aliphatic carbocycles. The molecular weight excluding hydrogens is 397 g/mol. The number of alkyl halides is 3. The van der Waals surface area contributed by atoms with E-state index in [-0.39, 0.29) is 18.7 Å². The molecule has 7 nitrogen and oxygen atoms in total. The smallest absolute Gasteiger partial charge is 0.332 e. The van der Waals surface area contributed by atoms with Gasteiger partial charge >= 0.3 is 6.18 Å². The molecule has 0 fully saturated rings. The van der Waals surface area contributed by atoms with E-state index in [4.69, 9.17) is 11.6 Å². The highest BCUT2D eigenvalue weighted by Crippen LogP contribution is 2.37. The van der Waals surface area contributed by atoms with E-state index in [9.17, 15) is 18.0 Å². The summed E-state index contributed by atoms with van der Waals surface area (Å²) in [7, 11) is 0. The van der Waals surface area contributed by atoms with E-state index in [1.54, 1.807) is 6.20 Å². The first kappa shape index (κ1) is 18.4. The van der Waals surface area contributed by atoms with Crippen LogP contribution in [0.25, 0.3) is 5.82 Å². The molecule has 1 amide bonds. The van der Waals surface area contributed by atoms with Gasteiger partial charge in [-0.15, -0.1) is 5.10 Å². The largest absolute Gasteiger partial charge is 0.417 e. The molecule has 11 heteroatoms. The van der Waals surface area contributed by atoms with Gasteiger partial charge in [0.25, 0.3) is 5.91 Å². The van der Waals surface area contributed by atoms with Gasteiger partial charge in [-0.25, -0.2) is 14.6 Å². The highest BCUT2D eigenvalue weighted by Gasteiger charge is 2.35. The average molecular weight is 409 g/mol. The fourth-order valence-electron chi connectivity index (χ4n) is 3.12. The fourth-order valence-corrected chi connectivity index (χ4v) is 3.43. The molecule has 144 valence electrons. The number of aromatic nitrogens is 5. The molecule has 0 unspecified atom stereocenters. The van der Waals surface area contributed by atoms with Crippen molar-refractivity contribution in [2.24, 2.45) is 0 Å². The lowest BCUT2D eigenvalue weighted by Gasteiger charge is -2.29. The van der Waals surface area contributed by atoms with E-state index >= 15 is 0 Å². The fraction of sp³-hybridized carbons (Fsp3) is 0.235. The van der Waals surface area contributed by atoms with Crippen LogP contribution >= 0.6 is 11.6 Å². The third kappa shape index (κ3) is 3.19. The number of benzene rings is 1. The Kier molecular flexibility index (Phi) is 4.50. The normalized spacial score (nSPS) is 14.1. The molecule has 2 aromatic heterocycles. The Balaban J connectivity index is 1.64. The molecule has 28 heavy (non-hydrogen) atoms. The number of halogens is 4. The lowest BCUT2D eigenvalue weighted by Crippen LogP contribution is -2.37. The SMILES string of the molecule is O=C(c1cccc(C(F)(F)F)c1Cl)N1CCc2c(ncnc2-n2ccnn2)C1. The Morgan fingerprint density at radius 1 is 1.21 bits per heavy atom. The van der Waals surface area contributed by atoms with E-state index < -0.39 is 22.7 Å². The van der Waals surface area contributed by atoms with Crippen LogP contribution in [0.2, 0.25) is 5.02 Å². The lowest BCUT2D eigenvalue weighted by molar-refractivity contribution is -0.137. The molecule has 0 radical (unpaired) electrons. The minimum Gasteiger partial charge on any atom is -0.332 e. The molecule has 4 rings (SSSR count). The van der Waals surface area contributed by atoms with Crippen molar-refractivity contribution in [1.29, 1.82) is 0 Å². The molecule has 0 saturated carbocycles. The summed E-state index contributed by atoms with van der Waals surface area (Å²) < 4.78 is 40.7. The first-order valence-corrected chi connectivity index (χ1v) is 8.58. The number of rotatable bonds is 2. The number of carbonyl (C=O) groups excluding carboxylic acids is 1. The number of carbonyl (C=O) groups is 1. The highest BCUT2D eigenvalue weighted by atomic mass is 35.5. The van der Waals surface area contributed by atoms with Crippen molar-refractivity contribution in [3.8, 4) is 5.82 Å². The van der Waals surface area contributed by atoms with Gasteiger partial charge in [0.05, 0.1) is 40.8 Å². The van der Waals surface area contributed by atoms with Gasteiger partial charge in [0.1, 0.15) is 6.33 Å². The van der Waals surface area contributed by atoms with Crippen LogP contribution in [-0.2, 0) is 19.1 Å². The lowest BCUT2D eigenvalue weighted by atomic mass is 10.0. The molecule has 1 aliphatic heterocycles. The predicted octanol–water partition coefficient (Wildman–Crippen LogP) is 2.93. The molecule has 0 saturated heterocycles. The second-order valence-electron chi connectivity index (χ2n) is 6.11. The summed E-state index contributed by atoms with van der Waals surface area (Å²) in [5.74, 6) is -0.0191. The summed E-state index contributed by atoms with van der Waals surface area (Å²) in [6.45, 7) is 0.415. The van der Waals surface area contributed by atoms with Crippen LogP contribution in [0.1, 0.15) is 27.2 Å². The Bertz CT molecular complexity index is 1040. The van der Waals surface area contributed by atoms with Crippen molar-refractivity contribution in [2.45, 2.75) is 19.1 Å². The van der Waals surface area contributed by atoms with Gasteiger partial charge in [0, 0.05) is 12.1 Å². The number of fused-ring (bicyclic) bond motifs is 1. The van der Waals surface area contributed by atoms with Crippen molar-refractivity contribution in [1.82, 2.24) is 29.9 Å². The summed E-state index contributed by atoms with van der Waals surface area (Å²) in [6, 6.07) is 3.31. The highest BCUT2D eigenvalue weighted by molar-refractivity contribution is 6.34. The van der Waals surface area contributed by atoms with E-state index in [0.717, 1.165) is 11.6 Å². The van der Waals surface area contributed by atoms with Gasteiger partial charge in [0.2, 0.25) is 0 Å². The molecule has 1 aliphatic rings. The van der Waals surface area contributed by atoms with Gasteiger partial charge in [-0.3, -0.25) is 4.79 Å². The van der Waals surface area contributed by atoms with E-state index in [1.807, 2.05) is 0 Å². The van der Waals surface area contributed by atoms with Crippen LogP contribution in [0.15, 0.2) is 36.9 Å². The summed E-state index contributed by atoms with van der Waals surface area (Å²) in [6.07, 6.45) is 0.294. The van der Waals surface area contributed by atoms with Gasteiger partial charge < -0.3 is 4.90 Å². The molecule has 0 spiro atoms. The second kappa shape index (κ2) is 6.86. The standard InChI is InChI=1S/C17H12ClF3N6O/c18-14-11(2-1-3-12(14)17(19,20)21)16(28)26-6-4-10-13(8-26)22-9-23-15(10)27-7-5-24-25-27/h1-3,5,7,9H,4,6,8H2. The van der Waals surface area contributed by atoms with Gasteiger partial charge in [-0.1, -0.05) is 22.9 Å².